The van der Waals surface area contributed by atoms with Gasteiger partial charge in [0, 0.05) is 11.8 Å². The lowest BCUT2D eigenvalue weighted by Gasteiger charge is -2.15. The number of ether oxygens (including phenoxy) is 3. The van der Waals surface area contributed by atoms with E-state index in [0.29, 0.717) is 28.6 Å². The number of rotatable bonds is 5. The normalized spacial score (nSPS) is 9.91. The molecular weight excluding hydrogens is 296 g/mol. The number of hydrogen-bond donors (Lipinski definition) is 2. The lowest BCUT2D eigenvalue weighted by molar-refractivity contribution is 0.262. The minimum atomic E-state index is -0.371. The molecule has 0 spiro atoms. The molecule has 2 rings (SSSR count). The number of methoxy groups -OCH3 is 3. The molecule has 0 aromatic heterocycles. The van der Waals surface area contributed by atoms with E-state index in [-0.39, 0.29) is 6.03 Å². The van der Waals surface area contributed by atoms with Crippen molar-refractivity contribution in [3.8, 4) is 17.2 Å². The van der Waals surface area contributed by atoms with Gasteiger partial charge in [0.2, 0.25) is 0 Å². The maximum Gasteiger partial charge on any atom is 0.323 e. The SMILES string of the molecule is COc1ccccc1NC(=O)Nc1cc(OC)c(OC)cc1C. The van der Waals surface area contributed by atoms with Crippen LogP contribution in [0.4, 0.5) is 16.2 Å². The standard InChI is InChI=1S/C17H20N2O4/c1-11-9-15(22-3)16(23-4)10-13(11)19-17(20)18-12-7-5-6-8-14(12)21-2/h5-10H,1-4H3,(H2,18,19,20). The summed E-state index contributed by atoms with van der Waals surface area (Å²) in [6.07, 6.45) is 0. The van der Waals surface area contributed by atoms with Crippen LogP contribution in [-0.2, 0) is 0 Å². The molecule has 2 aromatic carbocycles. The predicted molar refractivity (Wildman–Crippen MR) is 89.9 cm³/mol. The van der Waals surface area contributed by atoms with E-state index in [4.69, 9.17) is 14.2 Å². The zero-order valence-corrected chi connectivity index (χ0v) is 13.6. The van der Waals surface area contributed by atoms with Gasteiger partial charge in [-0.2, -0.15) is 0 Å². The van der Waals surface area contributed by atoms with Crippen LogP contribution < -0.4 is 24.8 Å². The fourth-order valence-electron chi connectivity index (χ4n) is 2.14. The Balaban J connectivity index is 2.17. The molecule has 0 aliphatic carbocycles. The van der Waals surface area contributed by atoms with Crippen molar-refractivity contribution in [3.05, 3.63) is 42.0 Å². The van der Waals surface area contributed by atoms with Crippen LogP contribution in [-0.4, -0.2) is 27.4 Å². The second kappa shape index (κ2) is 7.40. The molecule has 0 unspecified atom stereocenters. The van der Waals surface area contributed by atoms with Crippen molar-refractivity contribution in [2.45, 2.75) is 6.92 Å². The first-order valence-corrected chi connectivity index (χ1v) is 7.02. The molecule has 0 atom stereocenters. The van der Waals surface area contributed by atoms with Crippen molar-refractivity contribution in [1.29, 1.82) is 0 Å². The van der Waals surface area contributed by atoms with Crippen LogP contribution in [0, 0.1) is 6.92 Å². The van der Waals surface area contributed by atoms with Crippen LogP contribution >= 0.6 is 0 Å². The summed E-state index contributed by atoms with van der Waals surface area (Å²) >= 11 is 0. The molecule has 0 aliphatic rings. The van der Waals surface area contributed by atoms with Gasteiger partial charge in [-0.05, 0) is 30.7 Å². The summed E-state index contributed by atoms with van der Waals surface area (Å²) in [5.74, 6) is 1.75. The molecule has 0 heterocycles. The number of hydrogen-bond acceptors (Lipinski definition) is 4. The highest BCUT2D eigenvalue weighted by atomic mass is 16.5. The molecular formula is C17H20N2O4. The maximum atomic E-state index is 12.2. The molecule has 0 saturated carbocycles. The van der Waals surface area contributed by atoms with E-state index in [1.807, 2.05) is 19.1 Å². The first kappa shape index (κ1) is 16.5. The Kier molecular flexibility index (Phi) is 5.30. The van der Waals surface area contributed by atoms with Crippen LogP contribution in [0.5, 0.6) is 17.2 Å². The van der Waals surface area contributed by atoms with E-state index >= 15 is 0 Å². The van der Waals surface area contributed by atoms with Gasteiger partial charge in [0.1, 0.15) is 5.75 Å². The number of aryl methyl sites for hydroxylation is 1. The van der Waals surface area contributed by atoms with Crippen LogP contribution in [0.2, 0.25) is 0 Å². The third kappa shape index (κ3) is 3.85. The number of amides is 2. The number of para-hydroxylation sites is 2. The van der Waals surface area contributed by atoms with E-state index in [2.05, 4.69) is 10.6 Å². The highest BCUT2D eigenvalue weighted by molar-refractivity contribution is 6.01. The average molecular weight is 316 g/mol. The fraction of sp³-hybridized carbons (Fsp3) is 0.235. The van der Waals surface area contributed by atoms with Gasteiger partial charge in [-0.1, -0.05) is 12.1 Å². The molecule has 0 bridgehead atoms. The Bertz CT molecular complexity index is 701. The van der Waals surface area contributed by atoms with Gasteiger partial charge >= 0.3 is 6.03 Å². The smallest absolute Gasteiger partial charge is 0.323 e. The number of carbonyl (C=O) groups excluding carboxylic acids is 1. The van der Waals surface area contributed by atoms with Gasteiger partial charge in [0.25, 0.3) is 0 Å². The molecule has 2 amide bonds. The number of carbonyl (C=O) groups is 1. The molecule has 0 saturated heterocycles. The van der Waals surface area contributed by atoms with Crippen molar-refractivity contribution >= 4 is 17.4 Å². The van der Waals surface area contributed by atoms with Crippen molar-refractivity contribution < 1.29 is 19.0 Å². The highest BCUT2D eigenvalue weighted by Crippen LogP contribution is 2.33. The summed E-state index contributed by atoms with van der Waals surface area (Å²) in [5, 5.41) is 5.55. The first-order chi connectivity index (χ1) is 11.1. The zero-order valence-electron chi connectivity index (χ0n) is 13.6. The summed E-state index contributed by atoms with van der Waals surface area (Å²) in [5.41, 5.74) is 2.08. The summed E-state index contributed by atoms with van der Waals surface area (Å²) in [7, 11) is 4.67. The second-order valence-corrected chi connectivity index (χ2v) is 4.80. The van der Waals surface area contributed by atoms with Crippen LogP contribution in [0.25, 0.3) is 0 Å². The minimum absolute atomic E-state index is 0.371. The lowest BCUT2D eigenvalue weighted by Crippen LogP contribution is -2.20. The molecule has 2 aromatic rings. The number of anilines is 2. The van der Waals surface area contributed by atoms with Crippen molar-refractivity contribution in [3.63, 3.8) is 0 Å². The largest absolute Gasteiger partial charge is 0.495 e. The summed E-state index contributed by atoms with van der Waals surface area (Å²) in [6, 6.07) is 10.3. The van der Waals surface area contributed by atoms with Crippen molar-refractivity contribution in [1.82, 2.24) is 0 Å². The first-order valence-electron chi connectivity index (χ1n) is 7.02. The van der Waals surface area contributed by atoms with E-state index in [9.17, 15) is 4.79 Å². The molecule has 0 radical (unpaired) electrons. The molecule has 6 nitrogen and oxygen atoms in total. The Morgan fingerprint density at radius 2 is 1.39 bits per heavy atom. The fourth-order valence-corrected chi connectivity index (χ4v) is 2.14. The quantitative estimate of drug-likeness (QED) is 0.883. The molecule has 122 valence electrons. The van der Waals surface area contributed by atoms with E-state index in [0.717, 1.165) is 5.56 Å². The third-order valence-corrected chi connectivity index (χ3v) is 3.33. The van der Waals surface area contributed by atoms with Crippen LogP contribution in [0.1, 0.15) is 5.56 Å². The minimum Gasteiger partial charge on any atom is -0.495 e. The van der Waals surface area contributed by atoms with E-state index in [1.54, 1.807) is 45.6 Å². The summed E-state index contributed by atoms with van der Waals surface area (Å²) in [4.78, 5) is 12.2. The predicted octanol–water partition coefficient (Wildman–Crippen LogP) is 3.66. The van der Waals surface area contributed by atoms with E-state index < -0.39 is 0 Å². The van der Waals surface area contributed by atoms with Gasteiger partial charge < -0.3 is 24.8 Å². The van der Waals surface area contributed by atoms with Gasteiger partial charge in [0.15, 0.2) is 11.5 Å². The second-order valence-electron chi connectivity index (χ2n) is 4.80. The van der Waals surface area contributed by atoms with Gasteiger partial charge in [0.05, 0.1) is 27.0 Å². The molecule has 0 fully saturated rings. The average Bonchev–Trinajstić information content (AvgIpc) is 2.56. The maximum absolute atomic E-state index is 12.2. The number of nitrogens with one attached hydrogen (secondary N) is 2. The van der Waals surface area contributed by atoms with Crippen molar-refractivity contribution in [2.75, 3.05) is 32.0 Å². The monoisotopic (exact) mass is 316 g/mol. The topological polar surface area (TPSA) is 68.8 Å². The Hall–Kier alpha value is -2.89. The molecule has 2 N–H and O–H groups in total. The van der Waals surface area contributed by atoms with Crippen LogP contribution in [0.15, 0.2) is 36.4 Å². The Morgan fingerprint density at radius 3 is 2.04 bits per heavy atom. The molecule has 23 heavy (non-hydrogen) atoms. The summed E-state index contributed by atoms with van der Waals surface area (Å²) < 4.78 is 15.7. The van der Waals surface area contributed by atoms with E-state index in [1.165, 1.54) is 0 Å². The number of urea groups is 1. The summed E-state index contributed by atoms with van der Waals surface area (Å²) in [6.45, 7) is 1.88. The molecule has 6 heteroatoms. The zero-order chi connectivity index (χ0) is 16.8. The highest BCUT2D eigenvalue weighted by Gasteiger charge is 2.12. The Morgan fingerprint density at radius 1 is 0.826 bits per heavy atom. The lowest BCUT2D eigenvalue weighted by atomic mass is 10.1. The molecule has 0 aliphatic heterocycles. The van der Waals surface area contributed by atoms with Gasteiger partial charge in [-0.25, -0.2) is 4.79 Å². The Labute approximate surface area is 135 Å². The third-order valence-electron chi connectivity index (χ3n) is 3.33. The van der Waals surface area contributed by atoms with Crippen LogP contribution in [0.3, 0.4) is 0 Å². The van der Waals surface area contributed by atoms with Gasteiger partial charge in [-0.3, -0.25) is 0 Å². The number of benzene rings is 2. The van der Waals surface area contributed by atoms with Crippen molar-refractivity contribution in [2.24, 2.45) is 0 Å². The van der Waals surface area contributed by atoms with Gasteiger partial charge in [-0.15, -0.1) is 0 Å².